The fourth-order valence-corrected chi connectivity index (χ4v) is 2.40. The molecule has 0 aliphatic heterocycles. The molecule has 0 radical (unpaired) electrons. The summed E-state index contributed by atoms with van der Waals surface area (Å²) in [6.07, 6.45) is 2.98. The van der Waals surface area contributed by atoms with Crippen molar-refractivity contribution >= 4 is 5.69 Å². The molecule has 2 aromatic rings. The van der Waals surface area contributed by atoms with Crippen molar-refractivity contribution in [1.82, 2.24) is 9.78 Å². The first kappa shape index (κ1) is 14.6. The molecule has 1 heterocycles. The van der Waals surface area contributed by atoms with Gasteiger partial charge in [0.05, 0.1) is 12.2 Å². The summed E-state index contributed by atoms with van der Waals surface area (Å²) in [5.41, 5.74) is 3.94. The van der Waals surface area contributed by atoms with Gasteiger partial charge < -0.3 is 5.32 Å². The van der Waals surface area contributed by atoms with Gasteiger partial charge in [-0.1, -0.05) is 45.9 Å². The fraction of sp³-hybridized carbons (Fsp3) is 0.471. The summed E-state index contributed by atoms with van der Waals surface area (Å²) in [6.45, 7) is 10.7. The Morgan fingerprint density at radius 1 is 1.15 bits per heavy atom. The number of aromatic nitrogens is 2. The third-order valence-corrected chi connectivity index (χ3v) is 3.43. The summed E-state index contributed by atoms with van der Waals surface area (Å²) >= 11 is 0. The zero-order chi connectivity index (χ0) is 14.6. The van der Waals surface area contributed by atoms with Crippen molar-refractivity contribution < 1.29 is 0 Å². The van der Waals surface area contributed by atoms with E-state index in [2.05, 4.69) is 73.1 Å². The smallest absolute Gasteiger partial charge is 0.0575 e. The Hall–Kier alpha value is -1.77. The minimum atomic E-state index is 0.146. The zero-order valence-electron chi connectivity index (χ0n) is 13.0. The Kier molecular flexibility index (Phi) is 4.48. The number of rotatable bonds is 5. The van der Waals surface area contributed by atoms with Gasteiger partial charge in [0.1, 0.15) is 0 Å². The highest BCUT2D eigenvalue weighted by Crippen LogP contribution is 2.29. The Labute approximate surface area is 122 Å². The molecular formula is C17H25N3. The molecule has 0 atom stereocenters. The number of hydrogen-bond donors (Lipinski definition) is 1. The van der Waals surface area contributed by atoms with Crippen LogP contribution in [-0.4, -0.2) is 9.78 Å². The molecule has 1 aromatic heterocycles. The molecule has 0 aliphatic carbocycles. The Balaban J connectivity index is 2.13. The molecular weight excluding hydrogens is 246 g/mol. The van der Waals surface area contributed by atoms with Crippen LogP contribution in [0.2, 0.25) is 0 Å². The largest absolute Gasteiger partial charge is 0.379 e. The van der Waals surface area contributed by atoms with Crippen LogP contribution in [0.4, 0.5) is 5.69 Å². The van der Waals surface area contributed by atoms with Gasteiger partial charge in [0, 0.05) is 18.4 Å². The topological polar surface area (TPSA) is 29.9 Å². The molecule has 1 N–H and O–H groups in total. The van der Waals surface area contributed by atoms with Gasteiger partial charge in [0.25, 0.3) is 0 Å². The van der Waals surface area contributed by atoms with Crippen LogP contribution in [0.1, 0.15) is 45.4 Å². The first-order valence-electron chi connectivity index (χ1n) is 7.36. The number of nitrogens with one attached hydrogen (secondary N) is 1. The Bertz CT molecular complexity index is 549. The fourth-order valence-electron chi connectivity index (χ4n) is 2.40. The van der Waals surface area contributed by atoms with E-state index in [1.807, 2.05) is 6.20 Å². The van der Waals surface area contributed by atoms with Crippen LogP contribution >= 0.6 is 0 Å². The van der Waals surface area contributed by atoms with Crippen LogP contribution in [-0.2, 0) is 18.5 Å². The standard InChI is InChI=1S/C17H25N3/c1-5-12-20-14(10-11-19-20)13-18-16-9-7-6-8-15(16)17(2,3)4/h6-11,18H,5,12-13H2,1-4H3. The Morgan fingerprint density at radius 3 is 2.60 bits per heavy atom. The molecule has 0 saturated carbocycles. The molecule has 1 aromatic carbocycles. The molecule has 0 aliphatic rings. The number of nitrogens with zero attached hydrogens (tertiary/aromatic N) is 2. The summed E-state index contributed by atoms with van der Waals surface area (Å²) in [5.74, 6) is 0. The SMILES string of the molecule is CCCn1nccc1CNc1ccccc1C(C)(C)C. The van der Waals surface area contributed by atoms with Crippen molar-refractivity contribution in [2.45, 2.75) is 52.6 Å². The third kappa shape index (κ3) is 3.41. The first-order chi connectivity index (χ1) is 9.52. The summed E-state index contributed by atoms with van der Waals surface area (Å²) in [5, 5.41) is 7.93. The lowest BCUT2D eigenvalue weighted by Gasteiger charge is -2.23. The molecule has 0 spiro atoms. The van der Waals surface area contributed by atoms with Gasteiger partial charge in [-0.25, -0.2) is 0 Å². The van der Waals surface area contributed by atoms with Crippen molar-refractivity contribution in [3.63, 3.8) is 0 Å². The van der Waals surface area contributed by atoms with Gasteiger partial charge in [-0.05, 0) is 29.5 Å². The van der Waals surface area contributed by atoms with E-state index in [1.54, 1.807) is 0 Å². The maximum Gasteiger partial charge on any atom is 0.0575 e. The predicted molar refractivity (Wildman–Crippen MR) is 85.0 cm³/mol. The molecule has 3 heteroatoms. The lowest BCUT2D eigenvalue weighted by Crippen LogP contribution is -2.15. The van der Waals surface area contributed by atoms with Crippen molar-refractivity contribution in [3.8, 4) is 0 Å². The summed E-state index contributed by atoms with van der Waals surface area (Å²) in [6, 6.07) is 10.6. The van der Waals surface area contributed by atoms with Crippen LogP contribution in [0.15, 0.2) is 36.5 Å². The lowest BCUT2D eigenvalue weighted by atomic mass is 9.86. The van der Waals surface area contributed by atoms with Crippen LogP contribution in [0, 0.1) is 0 Å². The molecule has 108 valence electrons. The maximum atomic E-state index is 4.37. The number of benzene rings is 1. The van der Waals surface area contributed by atoms with E-state index in [9.17, 15) is 0 Å². The van der Waals surface area contributed by atoms with E-state index in [-0.39, 0.29) is 5.41 Å². The second kappa shape index (κ2) is 6.12. The molecule has 3 nitrogen and oxygen atoms in total. The second-order valence-electron chi connectivity index (χ2n) is 6.19. The highest BCUT2D eigenvalue weighted by Gasteiger charge is 2.17. The average Bonchev–Trinajstić information content (AvgIpc) is 2.83. The minimum absolute atomic E-state index is 0.146. The summed E-state index contributed by atoms with van der Waals surface area (Å²) in [7, 11) is 0. The second-order valence-corrected chi connectivity index (χ2v) is 6.19. The third-order valence-electron chi connectivity index (χ3n) is 3.43. The molecule has 20 heavy (non-hydrogen) atoms. The quantitative estimate of drug-likeness (QED) is 0.883. The molecule has 0 amide bonds. The van der Waals surface area contributed by atoms with Crippen LogP contribution in [0.3, 0.4) is 0 Å². The van der Waals surface area contributed by atoms with Gasteiger partial charge >= 0.3 is 0 Å². The number of hydrogen-bond acceptors (Lipinski definition) is 2. The highest BCUT2D eigenvalue weighted by atomic mass is 15.3. The maximum absolute atomic E-state index is 4.37. The van der Waals surface area contributed by atoms with E-state index in [0.717, 1.165) is 19.5 Å². The molecule has 0 saturated heterocycles. The van der Waals surface area contributed by atoms with E-state index in [4.69, 9.17) is 0 Å². The lowest BCUT2D eigenvalue weighted by molar-refractivity contribution is 0.576. The predicted octanol–water partition coefficient (Wildman–Crippen LogP) is 4.20. The van der Waals surface area contributed by atoms with Gasteiger partial charge in [-0.3, -0.25) is 4.68 Å². The number of para-hydroxylation sites is 1. The van der Waals surface area contributed by atoms with Crippen molar-refractivity contribution in [3.05, 3.63) is 47.8 Å². The molecule has 0 unspecified atom stereocenters. The van der Waals surface area contributed by atoms with Crippen molar-refractivity contribution in [1.29, 1.82) is 0 Å². The zero-order valence-corrected chi connectivity index (χ0v) is 13.0. The molecule has 0 fully saturated rings. The number of anilines is 1. The summed E-state index contributed by atoms with van der Waals surface area (Å²) in [4.78, 5) is 0. The van der Waals surface area contributed by atoms with Crippen LogP contribution in [0.25, 0.3) is 0 Å². The normalized spacial score (nSPS) is 11.6. The van der Waals surface area contributed by atoms with Crippen molar-refractivity contribution in [2.24, 2.45) is 0 Å². The van der Waals surface area contributed by atoms with Crippen molar-refractivity contribution in [2.75, 3.05) is 5.32 Å². The first-order valence-corrected chi connectivity index (χ1v) is 7.36. The molecule has 2 rings (SSSR count). The summed E-state index contributed by atoms with van der Waals surface area (Å²) < 4.78 is 2.08. The van der Waals surface area contributed by atoms with E-state index in [1.165, 1.54) is 16.9 Å². The average molecular weight is 271 g/mol. The van der Waals surface area contributed by atoms with Crippen LogP contribution in [0.5, 0.6) is 0 Å². The Morgan fingerprint density at radius 2 is 1.90 bits per heavy atom. The molecule has 0 bridgehead atoms. The highest BCUT2D eigenvalue weighted by molar-refractivity contribution is 5.54. The van der Waals surface area contributed by atoms with Gasteiger partial charge in [-0.2, -0.15) is 5.10 Å². The van der Waals surface area contributed by atoms with Crippen LogP contribution < -0.4 is 5.32 Å². The van der Waals surface area contributed by atoms with E-state index >= 15 is 0 Å². The minimum Gasteiger partial charge on any atom is -0.379 e. The van der Waals surface area contributed by atoms with Gasteiger partial charge in [0.2, 0.25) is 0 Å². The van der Waals surface area contributed by atoms with Gasteiger partial charge in [-0.15, -0.1) is 0 Å². The van der Waals surface area contributed by atoms with E-state index in [0.29, 0.717) is 0 Å². The van der Waals surface area contributed by atoms with Gasteiger partial charge in [0.15, 0.2) is 0 Å². The monoisotopic (exact) mass is 271 g/mol. The number of aryl methyl sites for hydroxylation is 1. The van der Waals surface area contributed by atoms with E-state index < -0.39 is 0 Å².